The number of hydrogen-bond acceptors (Lipinski definition) is 2. The first-order chi connectivity index (χ1) is 9.76. The number of hydrogen-bond donors (Lipinski definition) is 1. The zero-order chi connectivity index (χ0) is 13.9. The molecule has 0 fully saturated rings. The molecule has 1 atom stereocenters. The highest BCUT2D eigenvalue weighted by molar-refractivity contribution is 9.10. The van der Waals surface area contributed by atoms with Crippen LogP contribution >= 0.6 is 15.9 Å². The first-order valence-electron chi connectivity index (χ1n) is 6.65. The topological polar surface area (TPSA) is 25.2 Å². The van der Waals surface area contributed by atoms with Crippen LogP contribution in [0, 0.1) is 0 Å². The SMILES string of the molecule is CNC(Cc1ccco1)c1ccc2cc(Br)ccc2c1. The van der Waals surface area contributed by atoms with Crippen LogP contribution in [-0.4, -0.2) is 7.05 Å². The van der Waals surface area contributed by atoms with Gasteiger partial charge in [-0.05, 0) is 53.7 Å². The largest absolute Gasteiger partial charge is 0.469 e. The van der Waals surface area contributed by atoms with Gasteiger partial charge in [-0.2, -0.15) is 0 Å². The lowest BCUT2D eigenvalue weighted by Gasteiger charge is -2.16. The molecule has 0 saturated carbocycles. The Balaban J connectivity index is 1.93. The van der Waals surface area contributed by atoms with Crippen LogP contribution in [0.5, 0.6) is 0 Å². The summed E-state index contributed by atoms with van der Waals surface area (Å²) in [7, 11) is 1.99. The average molecular weight is 330 g/mol. The van der Waals surface area contributed by atoms with Crippen LogP contribution in [0.1, 0.15) is 17.4 Å². The Labute approximate surface area is 126 Å². The Morgan fingerprint density at radius 3 is 2.65 bits per heavy atom. The van der Waals surface area contributed by atoms with Crippen LogP contribution in [0.4, 0.5) is 0 Å². The predicted molar refractivity (Wildman–Crippen MR) is 85.9 cm³/mol. The number of furan rings is 1. The molecule has 0 aliphatic rings. The Bertz CT molecular complexity index is 706. The van der Waals surface area contributed by atoms with Gasteiger partial charge in [0.2, 0.25) is 0 Å². The van der Waals surface area contributed by atoms with Crippen molar-refractivity contribution in [2.45, 2.75) is 12.5 Å². The van der Waals surface area contributed by atoms with Crippen molar-refractivity contribution in [3.8, 4) is 0 Å². The highest BCUT2D eigenvalue weighted by Gasteiger charge is 2.12. The highest BCUT2D eigenvalue weighted by atomic mass is 79.9. The minimum Gasteiger partial charge on any atom is -0.469 e. The predicted octanol–water partition coefficient (Wildman–Crippen LogP) is 4.70. The molecule has 102 valence electrons. The molecule has 0 saturated heterocycles. The molecule has 0 aliphatic heterocycles. The van der Waals surface area contributed by atoms with Gasteiger partial charge in [-0.1, -0.05) is 34.1 Å². The summed E-state index contributed by atoms with van der Waals surface area (Å²) in [6.45, 7) is 0. The average Bonchev–Trinajstić information content (AvgIpc) is 2.97. The van der Waals surface area contributed by atoms with Gasteiger partial charge >= 0.3 is 0 Å². The van der Waals surface area contributed by atoms with Crippen molar-refractivity contribution < 1.29 is 4.42 Å². The second-order valence-corrected chi connectivity index (χ2v) is 5.79. The fourth-order valence-electron chi connectivity index (χ4n) is 2.47. The smallest absolute Gasteiger partial charge is 0.105 e. The van der Waals surface area contributed by atoms with Crippen molar-refractivity contribution in [2.75, 3.05) is 7.05 Å². The monoisotopic (exact) mass is 329 g/mol. The molecule has 3 aromatic rings. The van der Waals surface area contributed by atoms with E-state index < -0.39 is 0 Å². The normalized spacial score (nSPS) is 12.7. The van der Waals surface area contributed by atoms with Gasteiger partial charge < -0.3 is 9.73 Å². The molecule has 2 nitrogen and oxygen atoms in total. The summed E-state index contributed by atoms with van der Waals surface area (Å²) in [4.78, 5) is 0. The van der Waals surface area contributed by atoms with E-state index in [2.05, 4.69) is 57.6 Å². The van der Waals surface area contributed by atoms with Crippen LogP contribution in [0.15, 0.2) is 63.7 Å². The second kappa shape index (κ2) is 5.81. The summed E-state index contributed by atoms with van der Waals surface area (Å²) in [6.07, 6.45) is 2.57. The molecule has 1 unspecified atom stereocenters. The summed E-state index contributed by atoms with van der Waals surface area (Å²) >= 11 is 3.51. The summed E-state index contributed by atoms with van der Waals surface area (Å²) in [5.74, 6) is 1.00. The quantitative estimate of drug-likeness (QED) is 0.750. The van der Waals surface area contributed by atoms with E-state index in [1.807, 2.05) is 19.2 Å². The number of nitrogens with one attached hydrogen (secondary N) is 1. The molecular formula is C17H16BrNO. The standard InChI is InChI=1S/C17H16BrNO/c1-19-17(11-16-3-2-8-20-16)14-5-4-13-10-15(18)7-6-12(13)9-14/h2-10,17,19H,11H2,1H3. The maximum atomic E-state index is 5.44. The van der Waals surface area contributed by atoms with E-state index in [1.165, 1.54) is 16.3 Å². The lowest BCUT2D eigenvalue weighted by molar-refractivity contribution is 0.466. The van der Waals surface area contributed by atoms with Gasteiger partial charge in [-0.25, -0.2) is 0 Å². The maximum Gasteiger partial charge on any atom is 0.105 e. The molecule has 0 spiro atoms. The number of halogens is 1. The van der Waals surface area contributed by atoms with Gasteiger partial charge in [0.05, 0.1) is 6.26 Å². The van der Waals surface area contributed by atoms with Crippen LogP contribution in [0.2, 0.25) is 0 Å². The molecule has 0 bridgehead atoms. The summed E-state index contributed by atoms with van der Waals surface area (Å²) in [5, 5.41) is 5.86. The zero-order valence-corrected chi connectivity index (χ0v) is 12.9. The third-order valence-electron chi connectivity index (χ3n) is 3.56. The van der Waals surface area contributed by atoms with Crippen LogP contribution < -0.4 is 5.32 Å². The maximum absolute atomic E-state index is 5.44. The lowest BCUT2D eigenvalue weighted by Crippen LogP contribution is -2.18. The third kappa shape index (κ3) is 2.79. The Hall–Kier alpha value is -1.58. The van der Waals surface area contributed by atoms with E-state index in [0.717, 1.165) is 16.7 Å². The molecule has 0 aliphatic carbocycles. The molecule has 1 N–H and O–H groups in total. The fraction of sp³-hybridized carbons (Fsp3) is 0.176. The Kier molecular flexibility index (Phi) is 3.90. The van der Waals surface area contributed by atoms with E-state index in [0.29, 0.717) is 0 Å². The van der Waals surface area contributed by atoms with E-state index in [1.54, 1.807) is 6.26 Å². The van der Waals surface area contributed by atoms with Crippen LogP contribution in [-0.2, 0) is 6.42 Å². The van der Waals surface area contributed by atoms with Gasteiger partial charge in [-0.15, -0.1) is 0 Å². The molecule has 1 aromatic heterocycles. The third-order valence-corrected chi connectivity index (χ3v) is 4.06. The van der Waals surface area contributed by atoms with Crippen LogP contribution in [0.3, 0.4) is 0 Å². The van der Waals surface area contributed by atoms with Gasteiger partial charge in [0.15, 0.2) is 0 Å². The van der Waals surface area contributed by atoms with Crippen LogP contribution in [0.25, 0.3) is 10.8 Å². The highest BCUT2D eigenvalue weighted by Crippen LogP contribution is 2.25. The molecule has 3 heteroatoms. The zero-order valence-electron chi connectivity index (χ0n) is 11.3. The van der Waals surface area contributed by atoms with E-state index in [-0.39, 0.29) is 6.04 Å². The van der Waals surface area contributed by atoms with Crippen molar-refractivity contribution in [2.24, 2.45) is 0 Å². The summed E-state index contributed by atoms with van der Waals surface area (Å²) in [6, 6.07) is 17.2. The molecule has 1 heterocycles. The summed E-state index contributed by atoms with van der Waals surface area (Å²) < 4.78 is 6.55. The van der Waals surface area contributed by atoms with Crippen molar-refractivity contribution in [1.82, 2.24) is 5.32 Å². The minimum atomic E-state index is 0.259. The first kappa shape index (κ1) is 13.4. The molecule has 0 radical (unpaired) electrons. The van der Waals surface area contributed by atoms with Gasteiger partial charge in [0, 0.05) is 16.9 Å². The first-order valence-corrected chi connectivity index (χ1v) is 7.44. The van der Waals surface area contributed by atoms with E-state index >= 15 is 0 Å². The van der Waals surface area contributed by atoms with Crippen molar-refractivity contribution in [3.05, 3.63) is 70.6 Å². The number of likely N-dealkylation sites (N-methyl/N-ethyl adjacent to an activating group) is 1. The number of benzene rings is 2. The molecule has 3 rings (SSSR count). The molecule has 0 amide bonds. The number of fused-ring (bicyclic) bond motifs is 1. The summed E-state index contributed by atoms with van der Waals surface area (Å²) in [5.41, 5.74) is 1.28. The number of rotatable bonds is 4. The van der Waals surface area contributed by atoms with Crippen molar-refractivity contribution in [1.29, 1.82) is 0 Å². The van der Waals surface area contributed by atoms with Crippen molar-refractivity contribution in [3.63, 3.8) is 0 Å². The van der Waals surface area contributed by atoms with Gasteiger partial charge in [-0.3, -0.25) is 0 Å². The Morgan fingerprint density at radius 1 is 1.10 bits per heavy atom. The lowest BCUT2D eigenvalue weighted by atomic mass is 9.99. The minimum absolute atomic E-state index is 0.259. The fourth-order valence-corrected chi connectivity index (χ4v) is 2.85. The van der Waals surface area contributed by atoms with E-state index in [4.69, 9.17) is 4.42 Å². The second-order valence-electron chi connectivity index (χ2n) is 4.88. The van der Waals surface area contributed by atoms with E-state index in [9.17, 15) is 0 Å². The Morgan fingerprint density at radius 2 is 1.90 bits per heavy atom. The molecule has 20 heavy (non-hydrogen) atoms. The van der Waals surface area contributed by atoms with Gasteiger partial charge in [0.1, 0.15) is 5.76 Å². The van der Waals surface area contributed by atoms with Crippen molar-refractivity contribution >= 4 is 26.7 Å². The molecule has 2 aromatic carbocycles. The van der Waals surface area contributed by atoms with Gasteiger partial charge in [0.25, 0.3) is 0 Å². The molecular weight excluding hydrogens is 314 g/mol.